The summed E-state index contributed by atoms with van der Waals surface area (Å²) in [7, 11) is -5.84. The maximum absolute atomic E-state index is 10.7. The zero-order chi connectivity index (χ0) is 9.71. The van der Waals surface area contributed by atoms with E-state index in [9.17, 15) is 13.2 Å². The fraction of sp³-hybridized carbons (Fsp3) is 1.00. The van der Waals surface area contributed by atoms with Gasteiger partial charge >= 0.3 is 15.6 Å². The molecule has 0 radical (unpaired) electrons. The van der Waals surface area contributed by atoms with Crippen molar-refractivity contribution in [2.75, 3.05) is 6.61 Å². The van der Waals surface area contributed by atoms with Gasteiger partial charge in [-0.25, -0.2) is 0 Å². The predicted octanol–water partition coefficient (Wildman–Crippen LogP) is 0.393. The van der Waals surface area contributed by atoms with Crippen LogP contribution in [0.2, 0.25) is 0 Å². The quantitative estimate of drug-likeness (QED) is 0.434. The number of halogens is 3. The minimum absolute atomic E-state index is 0.250. The van der Waals surface area contributed by atoms with Crippen molar-refractivity contribution in [1.29, 1.82) is 0 Å². The molecule has 0 rings (SSSR count). The zero-order valence-electron chi connectivity index (χ0n) is 5.46. The zero-order valence-corrected chi connectivity index (χ0v) is 6.28. The molecule has 11 heavy (non-hydrogen) atoms. The van der Waals surface area contributed by atoms with E-state index >= 15 is 0 Å². The summed E-state index contributed by atoms with van der Waals surface area (Å²) in [5, 5.41) is 7.57. The van der Waals surface area contributed by atoms with Crippen molar-refractivity contribution >= 4 is 10.1 Å². The van der Waals surface area contributed by atoms with Gasteiger partial charge in [0.25, 0.3) is 0 Å². The number of rotatable bonds is 0. The van der Waals surface area contributed by atoms with E-state index in [4.69, 9.17) is 18.1 Å². The minimum atomic E-state index is -5.84. The van der Waals surface area contributed by atoms with Crippen molar-refractivity contribution in [3.63, 3.8) is 0 Å². The summed E-state index contributed by atoms with van der Waals surface area (Å²) in [4.78, 5) is 0. The summed E-state index contributed by atoms with van der Waals surface area (Å²) in [6, 6.07) is 0. The molecule has 70 valence electrons. The topological polar surface area (TPSA) is 74.6 Å². The van der Waals surface area contributed by atoms with E-state index in [1.54, 1.807) is 6.92 Å². The summed E-state index contributed by atoms with van der Waals surface area (Å²) in [6.07, 6.45) is 0. The monoisotopic (exact) mass is 196 g/mol. The lowest BCUT2D eigenvalue weighted by molar-refractivity contribution is -0.0510. The van der Waals surface area contributed by atoms with Crippen LogP contribution >= 0.6 is 0 Å². The molecule has 2 N–H and O–H groups in total. The number of hydrogen-bond donors (Lipinski definition) is 2. The van der Waals surface area contributed by atoms with Gasteiger partial charge in [-0.3, -0.25) is 4.55 Å². The second kappa shape index (κ2) is 4.52. The number of aliphatic hydroxyl groups is 1. The van der Waals surface area contributed by atoms with Gasteiger partial charge in [0.15, 0.2) is 0 Å². The average molecular weight is 196 g/mol. The Bertz CT molecular complexity index is 181. The Kier molecular flexibility index (Phi) is 5.45. The van der Waals surface area contributed by atoms with E-state index < -0.39 is 15.6 Å². The van der Waals surface area contributed by atoms with Gasteiger partial charge in [-0.15, -0.1) is 0 Å². The Balaban J connectivity index is 0. The van der Waals surface area contributed by atoms with Crippen molar-refractivity contribution in [3.8, 4) is 0 Å². The van der Waals surface area contributed by atoms with E-state index in [2.05, 4.69) is 0 Å². The third kappa shape index (κ3) is 7.56. The average Bonchev–Trinajstić information content (AvgIpc) is 1.60. The normalized spacial score (nSPS) is 11.8. The molecule has 0 aromatic heterocycles. The molecule has 0 amide bonds. The van der Waals surface area contributed by atoms with Gasteiger partial charge in [0.05, 0.1) is 0 Å². The molecule has 0 aliphatic rings. The summed E-state index contributed by atoms with van der Waals surface area (Å²) in [5.74, 6) is 0. The van der Waals surface area contributed by atoms with Gasteiger partial charge in [0, 0.05) is 6.61 Å². The number of aliphatic hydroxyl groups excluding tert-OH is 1. The molecule has 0 unspecified atom stereocenters. The number of alkyl halides is 3. The van der Waals surface area contributed by atoms with Gasteiger partial charge in [-0.2, -0.15) is 21.6 Å². The van der Waals surface area contributed by atoms with Crippen LogP contribution in [-0.4, -0.2) is 30.2 Å². The van der Waals surface area contributed by atoms with Crippen LogP contribution in [0.1, 0.15) is 6.92 Å². The van der Waals surface area contributed by atoms with Gasteiger partial charge < -0.3 is 5.11 Å². The third-order valence-corrected chi connectivity index (χ3v) is 0.877. The van der Waals surface area contributed by atoms with Gasteiger partial charge in [0.1, 0.15) is 0 Å². The maximum Gasteiger partial charge on any atom is 0.522 e. The van der Waals surface area contributed by atoms with Crippen molar-refractivity contribution in [2.45, 2.75) is 12.4 Å². The Labute approximate surface area is 61.4 Å². The molecule has 0 saturated carbocycles. The van der Waals surface area contributed by atoms with E-state index in [0.29, 0.717) is 0 Å². The molecule has 0 aromatic carbocycles. The minimum Gasteiger partial charge on any atom is -0.397 e. The van der Waals surface area contributed by atoms with E-state index in [0.717, 1.165) is 0 Å². The van der Waals surface area contributed by atoms with Crippen LogP contribution in [-0.2, 0) is 10.1 Å². The second-order valence-electron chi connectivity index (χ2n) is 1.24. The van der Waals surface area contributed by atoms with Crippen LogP contribution in [0.15, 0.2) is 0 Å². The molecule has 0 aromatic rings. The number of hydrogen-bond acceptors (Lipinski definition) is 3. The molecular weight excluding hydrogens is 189 g/mol. The van der Waals surface area contributed by atoms with Crippen molar-refractivity contribution in [1.82, 2.24) is 0 Å². The summed E-state index contributed by atoms with van der Waals surface area (Å²) < 4.78 is 57.5. The third-order valence-electron chi connectivity index (χ3n) is 0.292. The van der Waals surface area contributed by atoms with Crippen molar-refractivity contribution in [2.24, 2.45) is 0 Å². The maximum atomic E-state index is 10.7. The highest BCUT2D eigenvalue weighted by Crippen LogP contribution is 2.20. The summed E-state index contributed by atoms with van der Waals surface area (Å²) in [5.41, 5.74) is -5.53. The van der Waals surface area contributed by atoms with Crippen LogP contribution in [0.5, 0.6) is 0 Å². The Morgan fingerprint density at radius 3 is 1.45 bits per heavy atom. The molecule has 0 saturated heterocycles. The highest BCUT2D eigenvalue weighted by Gasteiger charge is 2.44. The Morgan fingerprint density at radius 1 is 1.36 bits per heavy atom. The van der Waals surface area contributed by atoms with Crippen LogP contribution in [0.25, 0.3) is 0 Å². The molecule has 8 heteroatoms. The molecule has 0 fully saturated rings. The SMILES string of the molecule is CCO.O=S(=O)(O)C(F)(F)F. The molecular formula is C3H7F3O4S. The first-order valence-electron chi connectivity index (χ1n) is 2.31. The largest absolute Gasteiger partial charge is 0.522 e. The lowest BCUT2D eigenvalue weighted by Gasteiger charge is -1.97. The second-order valence-corrected chi connectivity index (χ2v) is 2.65. The lowest BCUT2D eigenvalue weighted by Crippen LogP contribution is -2.21. The first-order valence-corrected chi connectivity index (χ1v) is 3.75. The van der Waals surface area contributed by atoms with Crippen molar-refractivity contribution < 1.29 is 31.2 Å². The predicted molar refractivity (Wildman–Crippen MR) is 30.4 cm³/mol. The molecule has 0 heterocycles. The van der Waals surface area contributed by atoms with Gasteiger partial charge in [0.2, 0.25) is 0 Å². The first kappa shape index (κ1) is 13.3. The smallest absolute Gasteiger partial charge is 0.397 e. The van der Waals surface area contributed by atoms with E-state index in [1.165, 1.54) is 0 Å². The first-order chi connectivity index (χ1) is 4.66. The molecule has 0 spiro atoms. The fourth-order valence-electron chi connectivity index (χ4n) is 0. The van der Waals surface area contributed by atoms with Crippen LogP contribution in [0.4, 0.5) is 13.2 Å². The molecule has 0 atom stereocenters. The molecule has 0 aliphatic heterocycles. The highest BCUT2D eigenvalue weighted by molar-refractivity contribution is 7.86. The lowest BCUT2D eigenvalue weighted by atomic mass is 10.9. The molecule has 0 aliphatic carbocycles. The summed E-state index contributed by atoms with van der Waals surface area (Å²) in [6.45, 7) is 1.93. The van der Waals surface area contributed by atoms with Crippen molar-refractivity contribution in [3.05, 3.63) is 0 Å². The van der Waals surface area contributed by atoms with Gasteiger partial charge in [-0.1, -0.05) is 0 Å². The molecule has 0 bridgehead atoms. The van der Waals surface area contributed by atoms with E-state index in [1.807, 2.05) is 0 Å². The summed E-state index contributed by atoms with van der Waals surface area (Å²) >= 11 is 0. The van der Waals surface area contributed by atoms with Crippen LogP contribution < -0.4 is 0 Å². The highest BCUT2D eigenvalue weighted by atomic mass is 32.2. The Hall–Kier alpha value is -0.340. The fourth-order valence-corrected chi connectivity index (χ4v) is 0. The van der Waals surface area contributed by atoms with Crippen LogP contribution in [0.3, 0.4) is 0 Å². The standard InChI is InChI=1S/C2H6O.CHF3O3S/c1-2-3;2-1(3,4)8(5,6)7/h3H,2H2,1H3;(H,5,6,7). The van der Waals surface area contributed by atoms with Gasteiger partial charge in [-0.05, 0) is 6.92 Å². The van der Waals surface area contributed by atoms with Crippen LogP contribution in [0, 0.1) is 0 Å². The Morgan fingerprint density at radius 2 is 1.45 bits per heavy atom. The van der Waals surface area contributed by atoms with E-state index in [-0.39, 0.29) is 6.61 Å². The molecule has 4 nitrogen and oxygen atoms in total.